The predicted octanol–water partition coefficient (Wildman–Crippen LogP) is 1.58. The molecule has 1 aromatic carbocycles. The van der Waals surface area contributed by atoms with Crippen molar-refractivity contribution >= 4 is 21.6 Å². The van der Waals surface area contributed by atoms with Crippen LogP contribution in [0.5, 0.6) is 5.75 Å². The molecule has 112 valence electrons. The number of amides is 1. The number of primary sulfonamides is 1. The Morgan fingerprint density at radius 3 is 2.62 bits per heavy atom. The van der Waals surface area contributed by atoms with E-state index in [2.05, 4.69) is 5.32 Å². The van der Waals surface area contributed by atoms with Crippen molar-refractivity contribution in [3.63, 3.8) is 0 Å². The Balaban J connectivity index is 2.21. The van der Waals surface area contributed by atoms with Crippen LogP contribution in [0.2, 0.25) is 0 Å². The van der Waals surface area contributed by atoms with Gasteiger partial charge in [0.2, 0.25) is 5.09 Å². The van der Waals surface area contributed by atoms with Crippen LogP contribution in [0.4, 0.5) is 5.69 Å². The lowest BCUT2D eigenvalue weighted by Gasteiger charge is -2.10. The van der Waals surface area contributed by atoms with Gasteiger partial charge in [-0.3, -0.25) is 4.79 Å². The van der Waals surface area contributed by atoms with E-state index in [1.807, 2.05) is 6.92 Å². The predicted molar refractivity (Wildman–Crippen MR) is 75.6 cm³/mol. The minimum Gasteiger partial charge on any atom is -0.492 e. The van der Waals surface area contributed by atoms with Crippen molar-refractivity contribution in [3.8, 4) is 5.75 Å². The molecular weight excluding hydrogens is 296 g/mol. The highest BCUT2D eigenvalue weighted by molar-refractivity contribution is 7.89. The smallest absolute Gasteiger partial charge is 0.291 e. The number of benzene rings is 1. The van der Waals surface area contributed by atoms with Crippen molar-refractivity contribution in [2.75, 3.05) is 11.9 Å². The summed E-state index contributed by atoms with van der Waals surface area (Å²) in [6.07, 6.45) is 0. The lowest BCUT2D eigenvalue weighted by molar-refractivity contribution is 0.0991. The molecule has 0 aliphatic rings. The monoisotopic (exact) mass is 310 g/mol. The third kappa shape index (κ3) is 3.61. The molecular formula is C13H14N2O5S. The number of carbonyl (C=O) groups is 1. The average Bonchev–Trinajstić information content (AvgIpc) is 2.91. The fourth-order valence-electron chi connectivity index (χ4n) is 1.63. The van der Waals surface area contributed by atoms with Gasteiger partial charge in [0.1, 0.15) is 5.75 Å². The molecule has 0 spiro atoms. The zero-order valence-corrected chi connectivity index (χ0v) is 12.0. The van der Waals surface area contributed by atoms with Crippen molar-refractivity contribution < 1.29 is 22.4 Å². The number of carbonyl (C=O) groups excluding carboxylic acids is 1. The van der Waals surface area contributed by atoms with Crippen molar-refractivity contribution in [1.29, 1.82) is 0 Å². The third-order valence-corrected chi connectivity index (χ3v) is 3.30. The Kier molecular flexibility index (Phi) is 4.29. The minimum atomic E-state index is -3.98. The largest absolute Gasteiger partial charge is 0.492 e. The average molecular weight is 310 g/mol. The maximum absolute atomic E-state index is 12.0. The SMILES string of the molecule is CCOc1ccccc1NC(=O)c1ccc(S(N)(=O)=O)o1. The maximum Gasteiger partial charge on any atom is 0.291 e. The number of ether oxygens (including phenoxy) is 1. The van der Waals surface area contributed by atoms with Crippen LogP contribution in [0.25, 0.3) is 0 Å². The number of furan rings is 1. The summed E-state index contributed by atoms with van der Waals surface area (Å²) >= 11 is 0. The molecule has 1 heterocycles. The van der Waals surface area contributed by atoms with E-state index in [1.165, 1.54) is 6.07 Å². The standard InChI is InChI=1S/C13H14N2O5S/c1-2-19-10-6-4-3-5-9(10)15-13(16)11-7-8-12(20-11)21(14,17)18/h3-8H,2H2,1H3,(H,15,16)(H2,14,17,18). The minimum absolute atomic E-state index is 0.162. The van der Waals surface area contributed by atoms with Crippen molar-refractivity contribution in [1.82, 2.24) is 0 Å². The van der Waals surface area contributed by atoms with Crippen molar-refractivity contribution in [3.05, 3.63) is 42.2 Å². The number of para-hydroxylation sites is 2. The van der Waals surface area contributed by atoms with E-state index >= 15 is 0 Å². The fraction of sp³-hybridized carbons (Fsp3) is 0.154. The first kappa shape index (κ1) is 15.1. The highest BCUT2D eigenvalue weighted by Crippen LogP contribution is 2.24. The van der Waals surface area contributed by atoms with Crippen LogP contribution in [0, 0.1) is 0 Å². The molecule has 0 aliphatic heterocycles. The number of hydrogen-bond donors (Lipinski definition) is 2. The summed E-state index contributed by atoms with van der Waals surface area (Å²) in [4.78, 5) is 12.0. The number of rotatable bonds is 5. The quantitative estimate of drug-likeness (QED) is 0.870. The van der Waals surface area contributed by atoms with E-state index in [0.717, 1.165) is 6.07 Å². The molecule has 7 nitrogen and oxygen atoms in total. The van der Waals surface area contributed by atoms with Crippen LogP contribution < -0.4 is 15.2 Å². The first-order chi connectivity index (χ1) is 9.91. The number of hydrogen-bond acceptors (Lipinski definition) is 5. The zero-order valence-electron chi connectivity index (χ0n) is 11.2. The molecule has 3 N–H and O–H groups in total. The summed E-state index contributed by atoms with van der Waals surface area (Å²) in [5, 5.41) is 7.03. The normalized spacial score (nSPS) is 11.1. The van der Waals surface area contributed by atoms with Gasteiger partial charge in [0.05, 0.1) is 12.3 Å². The van der Waals surface area contributed by atoms with E-state index < -0.39 is 21.0 Å². The summed E-state index contributed by atoms with van der Waals surface area (Å²) < 4.78 is 32.5. The second-order valence-electron chi connectivity index (χ2n) is 4.05. The Bertz CT molecular complexity index is 751. The molecule has 0 bridgehead atoms. The third-order valence-electron chi connectivity index (χ3n) is 2.52. The van der Waals surface area contributed by atoms with E-state index in [-0.39, 0.29) is 5.76 Å². The number of nitrogens with one attached hydrogen (secondary N) is 1. The van der Waals surface area contributed by atoms with Gasteiger partial charge in [-0.2, -0.15) is 0 Å². The van der Waals surface area contributed by atoms with Crippen LogP contribution in [0.3, 0.4) is 0 Å². The highest BCUT2D eigenvalue weighted by atomic mass is 32.2. The van der Waals surface area contributed by atoms with Gasteiger partial charge in [0.15, 0.2) is 5.76 Å². The van der Waals surface area contributed by atoms with E-state index in [1.54, 1.807) is 24.3 Å². The van der Waals surface area contributed by atoms with Gasteiger partial charge < -0.3 is 14.5 Å². The fourth-order valence-corrected chi connectivity index (χ4v) is 2.09. The highest BCUT2D eigenvalue weighted by Gasteiger charge is 2.18. The van der Waals surface area contributed by atoms with Gasteiger partial charge in [-0.05, 0) is 31.2 Å². The van der Waals surface area contributed by atoms with E-state index in [0.29, 0.717) is 18.0 Å². The molecule has 1 aromatic heterocycles. The first-order valence-corrected chi connectivity index (χ1v) is 7.62. The van der Waals surface area contributed by atoms with Crippen LogP contribution in [-0.4, -0.2) is 20.9 Å². The van der Waals surface area contributed by atoms with E-state index in [4.69, 9.17) is 14.3 Å². The molecule has 8 heteroatoms. The van der Waals surface area contributed by atoms with Gasteiger partial charge in [0.25, 0.3) is 15.9 Å². The summed E-state index contributed by atoms with van der Waals surface area (Å²) in [7, 11) is -3.98. The molecule has 2 rings (SSSR count). The summed E-state index contributed by atoms with van der Waals surface area (Å²) in [5.41, 5.74) is 0.456. The number of sulfonamides is 1. The number of nitrogens with two attached hydrogens (primary N) is 1. The molecule has 0 aliphatic carbocycles. The van der Waals surface area contributed by atoms with Gasteiger partial charge in [0, 0.05) is 0 Å². The second kappa shape index (κ2) is 5.98. The molecule has 0 radical (unpaired) electrons. The van der Waals surface area contributed by atoms with Crippen molar-refractivity contribution in [2.24, 2.45) is 5.14 Å². The lowest BCUT2D eigenvalue weighted by Crippen LogP contribution is -2.13. The lowest BCUT2D eigenvalue weighted by atomic mass is 10.3. The first-order valence-electron chi connectivity index (χ1n) is 6.07. The molecule has 0 saturated carbocycles. The Labute approximate surface area is 121 Å². The molecule has 0 fully saturated rings. The maximum atomic E-state index is 12.0. The summed E-state index contributed by atoms with van der Waals surface area (Å²) in [5.74, 6) is -0.256. The van der Waals surface area contributed by atoms with Crippen LogP contribution in [0.15, 0.2) is 45.9 Å². The number of anilines is 1. The van der Waals surface area contributed by atoms with E-state index in [9.17, 15) is 13.2 Å². The molecule has 0 saturated heterocycles. The van der Waals surface area contributed by atoms with Crippen LogP contribution in [-0.2, 0) is 10.0 Å². The molecule has 0 unspecified atom stereocenters. The topological polar surface area (TPSA) is 112 Å². The molecule has 2 aromatic rings. The Hall–Kier alpha value is -2.32. The Morgan fingerprint density at radius 2 is 2.00 bits per heavy atom. The zero-order chi connectivity index (χ0) is 15.5. The molecule has 21 heavy (non-hydrogen) atoms. The van der Waals surface area contributed by atoms with Gasteiger partial charge in [-0.15, -0.1) is 0 Å². The summed E-state index contributed by atoms with van der Waals surface area (Å²) in [6.45, 7) is 2.27. The van der Waals surface area contributed by atoms with Gasteiger partial charge in [-0.1, -0.05) is 12.1 Å². The van der Waals surface area contributed by atoms with Gasteiger partial charge in [-0.25, -0.2) is 13.6 Å². The van der Waals surface area contributed by atoms with Gasteiger partial charge >= 0.3 is 0 Å². The Morgan fingerprint density at radius 1 is 1.29 bits per heavy atom. The van der Waals surface area contributed by atoms with Crippen LogP contribution in [0.1, 0.15) is 17.5 Å². The van der Waals surface area contributed by atoms with Crippen molar-refractivity contribution in [2.45, 2.75) is 12.0 Å². The van der Waals surface area contributed by atoms with Crippen LogP contribution >= 0.6 is 0 Å². The molecule has 0 atom stereocenters. The summed E-state index contributed by atoms with van der Waals surface area (Å²) in [6, 6.07) is 9.23. The molecule has 1 amide bonds. The second-order valence-corrected chi connectivity index (χ2v) is 5.54.